The third-order valence-electron chi connectivity index (χ3n) is 6.57. The summed E-state index contributed by atoms with van der Waals surface area (Å²) in [6, 6.07) is 0. The fourth-order valence-corrected chi connectivity index (χ4v) is 6.78. The number of carbonyl (C=O) groups is 2. The molecule has 0 aromatic rings. The minimum atomic E-state index is -0.156. The Hall–Kier alpha value is -1.06. The van der Waals surface area contributed by atoms with Crippen LogP contribution in [0.3, 0.4) is 0 Å². The molecule has 6 aliphatic carbocycles. The number of rotatable bonds is 2. The molecule has 0 aromatic carbocycles. The summed E-state index contributed by atoms with van der Waals surface area (Å²) in [4.78, 5) is 22.5. The molecule has 6 rings (SSSR count). The minimum absolute atomic E-state index is 0.134. The summed E-state index contributed by atoms with van der Waals surface area (Å²) in [5.74, 6) is 4.80. The van der Waals surface area contributed by atoms with Gasteiger partial charge in [0.1, 0.15) is 12.2 Å². The van der Waals surface area contributed by atoms with Crippen LogP contribution in [0.2, 0.25) is 0 Å². The highest BCUT2D eigenvalue weighted by molar-refractivity contribution is 5.67. The average molecular weight is 248 g/mol. The maximum Gasteiger partial charge on any atom is 0.302 e. The maximum absolute atomic E-state index is 11.2. The van der Waals surface area contributed by atoms with E-state index in [1.54, 1.807) is 0 Å². The summed E-state index contributed by atoms with van der Waals surface area (Å²) < 4.78 is 11.1. The minimum Gasteiger partial charge on any atom is -0.462 e. The van der Waals surface area contributed by atoms with Crippen molar-refractivity contribution in [1.82, 2.24) is 0 Å². The SMILES string of the molecule is CC(=O)O[C@H]1[C@@H]2[C@@H]3[C@H](OC(C)=O)[C@H]4[C@@H]2[C@H]2[C@H]1[C@@H]3[C@@H]42. The first-order chi connectivity index (χ1) is 8.61. The fourth-order valence-electron chi connectivity index (χ4n) is 6.78. The molecule has 0 N–H and O–H groups in total. The Morgan fingerprint density at radius 2 is 0.889 bits per heavy atom. The van der Waals surface area contributed by atoms with Crippen molar-refractivity contribution in [2.45, 2.75) is 26.1 Å². The van der Waals surface area contributed by atoms with Crippen molar-refractivity contribution in [2.24, 2.45) is 47.3 Å². The van der Waals surface area contributed by atoms with Crippen LogP contribution < -0.4 is 0 Å². The highest BCUT2D eigenvalue weighted by Crippen LogP contribution is 2.89. The van der Waals surface area contributed by atoms with Crippen molar-refractivity contribution in [3.05, 3.63) is 0 Å². The Labute approximate surface area is 105 Å². The average Bonchev–Trinajstić information content (AvgIpc) is 2.69. The zero-order valence-corrected chi connectivity index (χ0v) is 10.4. The second kappa shape index (κ2) is 2.61. The van der Waals surface area contributed by atoms with Gasteiger partial charge in [-0.3, -0.25) is 9.59 Å². The van der Waals surface area contributed by atoms with Gasteiger partial charge in [0.2, 0.25) is 0 Å². The van der Waals surface area contributed by atoms with Crippen molar-refractivity contribution >= 4 is 11.9 Å². The molecule has 0 aromatic heterocycles. The molecule has 0 heterocycles. The lowest BCUT2D eigenvalue weighted by Gasteiger charge is -2.62. The molecule has 0 aliphatic heterocycles. The van der Waals surface area contributed by atoms with Crippen LogP contribution in [0.15, 0.2) is 0 Å². The molecule has 4 nitrogen and oxygen atoms in total. The smallest absolute Gasteiger partial charge is 0.302 e. The summed E-state index contributed by atoms with van der Waals surface area (Å²) in [5.41, 5.74) is 0. The molecule has 6 saturated carbocycles. The Morgan fingerprint density at radius 3 is 1.22 bits per heavy atom. The van der Waals surface area contributed by atoms with Crippen molar-refractivity contribution in [3.63, 3.8) is 0 Å². The molecule has 6 aliphatic rings. The quantitative estimate of drug-likeness (QED) is 0.680. The first-order valence-electron chi connectivity index (χ1n) is 6.95. The highest BCUT2D eigenvalue weighted by Gasteiger charge is 2.91. The van der Waals surface area contributed by atoms with Gasteiger partial charge >= 0.3 is 11.9 Å². The summed E-state index contributed by atoms with van der Waals surface area (Å²) in [7, 11) is 0. The number of hydrogen-bond donors (Lipinski definition) is 0. The summed E-state index contributed by atoms with van der Waals surface area (Å²) in [6.07, 6.45) is 0.267. The van der Waals surface area contributed by atoms with Crippen LogP contribution in [-0.4, -0.2) is 24.1 Å². The predicted octanol–water partition coefficient (Wildman–Crippen LogP) is 0.847. The topological polar surface area (TPSA) is 52.6 Å². The van der Waals surface area contributed by atoms with E-state index < -0.39 is 0 Å². The van der Waals surface area contributed by atoms with E-state index in [4.69, 9.17) is 9.47 Å². The Balaban J connectivity index is 1.49. The van der Waals surface area contributed by atoms with Gasteiger partial charge in [-0.1, -0.05) is 0 Å². The monoisotopic (exact) mass is 248 g/mol. The largest absolute Gasteiger partial charge is 0.462 e. The Kier molecular flexibility index (Phi) is 1.42. The Morgan fingerprint density at radius 1 is 0.611 bits per heavy atom. The normalized spacial score (nSPS) is 63.4. The van der Waals surface area contributed by atoms with E-state index in [0.717, 1.165) is 11.8 Å². The molecule has 96 valence electrons. The predicted molar refractivity (Wildman–Crippen MR) is 59.0 cm³/mol. The third kappa shape index (κ3) is 0.733. The highest BCUT2D eigenvalue weighted by atomic mass is 16.6. The zero-order valence-electron chi connectivity index (χ0n) is 10.4. The van der Waals surface area contributed by atoms with Crippen molar-refractivity contribution in [1.29, 1.82) is 0 Å². The first kappa shape index (κ1) is 9.82. The van der Waals surface area contributed by atoms with E-state index in [0.29, 0.717) is 35.5 Å². The second-order valence-electron chi connectivity index (χ2n) is 6.77. The second-order valence-corrected chi connectivity index (χ2v) is 6.77. The standard InChI is InChI=1S/C14H16O4/c1-3(15)17-13-9-5-6-7(9)12-11(13)8(5)10(6)14(12)18-4(2)16/h5-14H,1-2H3/t5-,6-,7-,8-,9-,10+,11-,12+,13+,14+/m0/s1. The number of hydrogen-bond acceptors (Lipinski definition) is 4. The molecule has 4 heteroatoms. The summed E-state index contributed by atoms with van der Waals surface area (Å²) in [6.45, 7) is 3.00. The molecular weight excluding hydrogens is 232 g/mol. The van der Waals surface area contributed by atoms with Gasteiger partial charge in [0.15, 0.2) is 0 Å². The lowest BCUT2D eigenvalue weighted by atomic mass is 9.41. The number of esters is 2. The van der Waals surface area contributed by atoms with Crippen molar-refractivity contribution < 1.29 is 19.1 Å². The molecule has 6 fully saturated rings. The van der Waals surface area contributed by atoms with Crippen molar-refractivity contribution in [3.8, 4) is 0 Å². The number of ether oxygens (including phenoxy) is 2. The fraction of sp³-hybridized carbons (Fsp3) is 0.857. The molecule has 4 bridgehead atoms. The van der Waals surface area contributed by atoms with Gasteiger partial charge in [-0.15, -0.1) is 0 Å². The van der Waals surface area contributed by atoms with Crippen LogP contribution >= 0.6 is 0 Å². The van der Waals surface area contributed by atoms with E-state index in [1.165, 1.54) is 13.8 Å². The number of carbonyl (C=O) groups excluding carboxylic acids is 2. The van der Waals surface area contributed by atoms with E-state index in [2.05, 4.69) is 0 Å². The first-order valence-corrected chi connectivity index (χ1v) is 6.95. The van der Waals surface area contributed by atoms with Gasteiger partial charge in [0.05, 0.1) is 0 Å². The van der Waals surface area contributed by atoms with Crippen LogP contribution in [0.1, 0.15) is 13.8 Å². The molecule has 10 atom stereocenters. The molecule has 0 amide bonds. The van der Waals surface area contributed by atoms with Crippen molar-refractivity contribution in [2.75, 3.05) is 0 Å². The van der Waals surface area contributed by atoms with Gasteiger partial charge in [-0.05, 0) is 23.7 Å². The van der Waals surface area contributed by atoms with Gasteiger partial charge in [-0.2, -0.15) is 0 Å². The summed E-state index contributed by atoms with van der Waals surface area (Å²) in [5, 5.41) is 0. The van der Waals surface area contributed by atoms with Gasteiger partial charge < -0.3 is 9.47 Å². The molecule has 0 radical (unpaired) electrons. The third-order valence-corrected chi connectivity index (χ3v) is 6.57. The lowest BCUT2D eigenvalue weighted by molar-refractivity contribution is -0.183. The molecule has 0 saturated heterocycles. The van der Waals surface area contributed by atoms with E-state index >= 15 is 0 Å². The van der Waals surface area contributed by atoms with Crippen LogP contribution in [0.4, 0.5) is 0 Å². The summed E-state index contributed by atoms with van der Waals surface area (Å²) >= 11 is 0. The molecular formula is C14H16O4. The van der Waals surface area contributed by atoms with Crippen LogP contribution in [0, 0.1) is 47.3 Å². The molecule has 0 unspecified atom stereocenters. The zero-order chi connectivity index (χ0) is 12.3. The maximum atomic E-state index is 11.2. The van der Waals surface area contributed by atoms with Gasteiger partial charge in [0, 0.05) is 37.5 Å². The van der Waals surface area contributed by atoms with E-state index in [-0.39, 0.29) is 24.1 Å². The Bertz CT molecular complexity index is 442. The van der Waals surface area contributed by atoms with E-state index in [9.17, 15) is 9.59 Å². The van der Waals surface area contributed by atoms with Gasteiger partial charge in [-0.25, -0.2) is 0 Å². The van der Waals surface area contributed by atoms with Crippen LogP contribution in [-0.2, 0) is 19.1 Å². The molecule has 18 heavy (non-hydrogen) atoms. The van der Waals surface area contributed by atoms with Crippen LogP contribution in [0.25, 0.3) is 0 Å². The van der Waals surface area contributed by atoms with E-state index in [1.807, 2.05) is 0 Å². The van der Waals surface area contributed by atoms with Gasteiger partial charge in [0.25, 0.3) is 0 Å². The molecule has 0 spiro atoms. The van der Waals surface area contributed by atoms with Crippen LogP contribution in [0.5, 0.6) is 0 Å². The lowest BCUT2D eigenvalue weighted by Crippen LogP contribution is -2.61.